The second-order valence-corrected chi connectivity index (χ2v) is 8.33. The number of aliphatic hydroxyl groups is 1. The molecule has 2 aromatic carbocycles. The summed E-state index contributed by atoms with van der Waals surface area (Å²) in [4.78, 5) is 12.3. The van der Waals surface area contributed by atoms with Gasteiger partial charge in [0.15, 0.2) is 11.6 Å². The normalized spacial score (nSPS) is 11.5. The van der Waals surface area contributed by atoms with Crippen molar-refractivity contribution < 1.29 is 23.4 Å². The predicted molar refractivity (Wildman–Crippen MR) is 118 cm³/mol. The molecule has 3 rings (SSSR count). The van der Waals surface area contributed by atoms with Gasteiger partial charge in [0, 0.05) is 30.4 Å². The molecule has 0 spiro atoms. The standard InChI is InChI=1S/C22H20F2INO4/c1-22(2,28)12-5-7-17(30-18-8-6-13(23)10-16(18)24)14(9-12)15-11-26(3)21(27)19(25)20(15)29-4/h5-11,28H,1-4H3. The van der Waals surface area contributed by atoms with Gasteiger partial charge in [-0.3, -0.25) is 4.79 Å². The van der Waals surface area contributed by atoms with E-state index in [1.165, 1.54) is 17.7 Å². The molecule has 0 radical (unpaired) electrons. The third-order valence-corrected chi connectivity index (χ3v) is 5.52. The number of benzene rings is 2. The minimum Gasteiger partial charge on any atom is -0.495 e. The van der Waals surface area contributed by atoms with Crippen LogP contribution in [-0.2, 0) is 12.6 Å². The Hall–Kier alpha value is -2.46. The maximum absolute atomic E-state index is 14.2. The molecule has 0 aliphatic rings. The minimum atomic E-state index is -1.16. The van der Waals surface area contributed by atoms with Gasteiger partial charge in [0.2, 0.25) is 0 Å². The third kappa shape index (κ3) is 4.34. The number of nitrogens with zero attached hydrogens (tertiary/aromatic N) is 1. The van der Waals surface area contributed by atoms with Crippen LogP contribution in [0.1, 0.15) is 19.4 Å². The van der Waals surface area contributed by atoms with Gasteiger partial charge < -0.3 is 19.1 Å². The van der Waals surface area contributed by atoms with Crippen molar-refractivity contribution in [1.29, 1.82) is 0 Å². The van der Waals surface area contributed by atoms with Crippen LogP contribution in [0.5, 0.6) is 17.2 Å². The molecule has 0 atom stereocenters. The summed E-state index contributed by atoms with van der Waals surface area (Å²) in [6, 6.07) is 7.95. The van der Waals surface area contributed by atoms with E-state index in [0.29, 0.717) is 26.0 Å². The largest absolute Gasteiger partial charge is 0.495 e. The molecular weight excluding hydrogens is 507 g/mol. The quantitative estimate of drug-likeness (QED) is 0.477. The lowest BCUT2D eigenvalue weighted by Crippen LogP contribution is -2.20. The Balaban J connectivity index is 2.27. The summed E-state index contributed by atoms with van der Waals surface area (Å²) >= 11 is 1.90. The van der Waals surface area contributed by atoms with Gasteiger partial charge in [-0.25, -0.2) is 8.78 Å². The van der Waals surface area contributed by atoms with E-state index in [1.807, 2.05) is 22.6 Å². The Labute approximate surface area is 186 Å². The first kappa shape index (κ1) is 22.2. The summed E-state index contributed by atoms with van der Waals surface area (Å²) < 4.78 is 40.5. The highest BCUT2D eigenvalue weighted by Gasteiger charge is 2.23. The maximum Gasteiger partial charge on any atom is 0.267 e. The van der Waals surface area contributed by atoms with Crippen molar-refractivity contribution in [3.63, 3.8) is 0 Å². The highest BCUT2D eigenvalue weighted by Crippen LogP contribution is 2.41. The van der Waals surface area contributed by atoms with E-state index in [-0.39, 0.29) is 17.1 Å². The van der Waals surface area contributed by atoms with Crippen molar-refractivity contribution in [1.82, 2.24) is 4.57 Å². The lowest BCUT2D eigenvalue weighted by Gasteiger charge is -2.22. The van der Waals surface area contributed by atoms with Crippen molar-refractivity contribution in [2.24, 2.45) is 7.05 Å². The number of aryl methyl sites for hydroxylation is 1. The summed E-state index contributed by atoms with van der Waals surface area (Å²) in [5.74, 6) is -1.15. The SMILES string of the molecule is COc1c(-c2cc(C(C)(C)O)ccc2Oc2ccc(F)cc2F)cn(C)c(=O)c1I. The van der Waals surface area contributed by atoms with Gasteiger partial charge in [0.05, 0.1) is 12.7 Å². The molecule has 0 amide bonds. The lowest BCUT2D eigenvalue weighted by molar-refractivity contribution is 0.0786. The molecule has 8 heteroatoms. The minimum absolute atomic E-state index is 0.160. The Morgan fingerprint density at radius 2 is 1.73 bits per heavy atom. The van der Waals surface area contributed by atoms with Crippen molar-refractivity contribution >= 4 is 22.6 Å². The number of methoxy groups -OCH3 is 1. The summed E-state index contributed by atoms with van der Waals surface area (Å²) in [5.41, 5.74) is 0.184. The van der Waals surface area contributed by atoms with E-state index < -0.39 is 17.2 Å². The number of halogens is 3. The monoisotopic (exact) mass is 527 g/mol. The van der Waals surface area contributed by atoms with Crippen LogP contribution in [0.4, 0.5) is 8.78 Å². The van der Waals surface area contributed by atoms with Crippen LogP contribution in [0.3, 0.4) is 0 Å². The highest BCUT2D eigenvalue weighted by molar-refractivity contribution is 14.1. The molecule has 0 unspecified atom stereocenters. The zero-order valence-corrected chi connectivity index (χ0v) is 19.0. The molecule has 3 aromatic rings. The van der Waals surface area contributed by atoms with Crippen LogP contribution in [0.15, 0.2) is 47.4 Å². The van der Waals surface area contributed by atoms with Gasteiger partial charge in [0.1, 0.15) is 20.9 Å². The van der Waals surface area contributed by atoms with Crippen molar-refractivity contribution in [3.05, 3.63) is 73.7 Å². The van der Waals surface area contributed by atoms with Gasteiger partial charge in [-0.2, -0.15) is 0 Å². The second-order valence-electron chi connectivity index (χ2n) is 7.25. The summed E-state index contributed by atoms with van der Waals surface area (Å²) in [7, 11) is 3.05. The van der Waals surface area contributed by atoms with E-state index in [2.05, 4.69) is 0 Å². The van der Waals surface area contributed by atoms with E-state index in [0.717, 1.165) is 12.1 Å². The van der Waals surface area contributed by atoms with E-state index in [1.54, 1.807) is 45.3 Å². The molecule has 0 bridgehead atoms. The van der Waals surface area contributed by atoms with Gasteiger partial charge in [0.25, 0.3) is 5.56 Å². The number of aromatic nitrogens is 1. The molecule has 0 aliphatic heterocycles. The van der Waals surface area contributed by atoms with E-state index in [9.17, 15) is 18.7 Å². The molecule has 158 valence electrons. The topological polar surface area (TPSA) is 60.7 Å². The first-order valence-corrected chi connectivity index (χ1v) is 10.0. The predicted octanol–water partition coefficient (Wildman–Crippen LogP) is 4.96. The Morgan fingerprint density at radius 3 is 2.33 bits per heavy atom. The summed E-state index contributed by atoms with van der Waals surface area (Å²) in [6.07, 6.45) is 1.58. The maximum atomic E-state index is 14.2. The van der Waals surface area contributed by atoms with Crippen LogP contribution >= 0.6 is 22.6 Å². The van der Waals surface area contributed by atoms with Crippen molar-refractivity contribution in [3.8, 4) is 28.4 Å². The average Bonchev–Trinajstić information content (AvgIpc) is 2.67. The molecule has 0 saturated heterocycles. The fourth-order valence-corrected chi connectivity index (χ4v) is 3.85. The third-order valence-electron chi connectivity index (χ3n) is 4.57. The fourth-order valence-electron chi connectivity index (χ4n) is 2.96. The van der Waals surface area contributed by atoms with Crippen LogP contribution < -0.4 is 15.0 Å². The first-order chi connectivity index (χ1) is 14.0. The average molecular weight is 527 g/mol. The summed E-state index contributed by atoms with van der Waals surface area (Å²) in [5, 5.41) is 10.5. The van der Waals surface area contributed by atoms with E-state index in [4.69, 9.17) is 9.47 Å². The fraction of sp³-hybridized carbons (Fsp3) is 0.227. The second kappa shape index (κ2) is 8.35. The van der Waals surface area contributed by atoms with Crippen LogP contribution in [0.25, 0.3) is 11.1 Å². The molecule has 0 saturated carbocycles. The number of hydrogen-bond donors (Lipinski definition) is 1. The van der Waals surface area contributed by atoms with Crippen LogP contribution in [0, 0.1) is 15.2 Å². The van der Waals surface area contributed by atoms with Gasteiger partial charge in [-0.15, -0.1) is 0 Å². The van der Waals surface area contributed by atoms with Gasteiger partial charge >= 0.3 is 0 Å². The van der Waals surface area contributed by atoms with Crippen molar-refractivity contribution in [2.45, 2.75) is 19.4 Å². The molecule has 5 nitrogen and oxygen atoms in total. The zero-order chi connectivity index (χ0) is 22.2. The smallest absolute Gasteiger partial charge is 0.267 e. The highest BCUT2D eigenvalue weighted by atomic mass is 127. The van der Waals surface area contributed by atoms with Crippen LogP contribution in [0.2, 0.25) is 0 Å². The molecule has 30 heavy (non-hydrogen) atoms. The number of rotatable bonds is 5. The molecule has 1 aromatic heterocycles. The molecular formula is C22H20F2INO4. The molecule has 1 N–H and O–H groups in total. The molecule has 0 aliphatic carbocycles. The number of pyridine rings is 1. The Bertz CT molecular complexity index is 1170. The molecule has 1 heterocycles. The molecule has 0 fully saturated rings. The first-order valence-electron chi connectivity index (χ1n) is 8.96. The number of ether oxygens (including phenoxy) is 2. The number of hydrogen-bond acceptors (Lipinski definition) is 4. The summed E-state index contributed by atoms with van der Waals surface area (Å²) in [6.45, 7) is 3.27. The lowest BCUT2D eigenvalue weighted by atomic mass is 9.93. The zero-order valence-electron chi connectivity index (χ0n) is 16.8. The Kier molecular flexibility index (Phi) is 6.19. The Morgan fingerprint density at radius 1 is 1.07 bits per heavy atom. The van der Waals surface area contributed by atoms with Crippen molar-refractivity contribution in [2.75, 3.05) is 7.11 Å². The van der Waals surface area contributed by atoms with Crippen LogP contribution in [-0.4, -0.2) is 16.8 Å². The van der Waals surface area contributed by atoms with Gasteiger partial charge in [-0.05, 0) is 66.3 Å². The van der Waals surface area contributed by atoms with Gasteiger partial charge in [-0.1, -0.05) is 6.07 Å². The van der Waals surface area contributed by atoms with E-state index >= 15 is 0 Å².